The summed E-state index contributed by atoms with van der Waals surface area (Å²) < 4.78 is 25.9. The zero-order valence-electron chi connectivity index (χ0n) is 8.03. The fraction of sp³-hybridized carbons (Fsp3) is 1.00. The van der Waals surface area contributed by atoms with Crippen LogP contribution < -0.4 is 5.32 Å². The van der Waals surface area contributed by atoms with Crippen LogP contribution in [0.15, 0.2) is 0 Å². The summed E-state index contributed by atoms with van der Waals surface area (Å²) in [7, 11) is 1.69. The summed E-state index contributed by atoms with van der Waals surface area (Å²) in [5, 5.41) is 2.64. The molecule has 0 saturated carbocycles. The molecule has 0 amide bonds. The molecule has 74 valence electrons. The topological polar surface area (TPSA) is 15.3 Å². The van der Waals surface area contributed by atoms with Gasteiger partial charge in [0.05, 0.1) is 13.1 Å². The van der Waals surface area contributed by atoms with Crippen molar-refractivity contribution in [2.75, 3.05) is 33.2 Å². The number of nitrogens with one attached hydrogen (secondary N) is 1. The Balaban J connectivity index is 3.69. The Labute approximate surface area is 72.9 Å². The molecule has 0 atom stereocenters. The van der Waals surface area contributed by atoms with Crippen LogP contribution in [-0.4, -0.2) is 44.0 Å². The highest BCUT2D eigenvalue weighted by Crippen LogP contribution is 2.12. The number of nitrogens with zero attached hydrogens (tertiary/aromatic N) is 1. The summed E-state index contributed by atoms with van der Waals surface area (Å²) in [5.74, 6) is -2.61. The number of rotatable bonds is 6. The lowest BCUT2D eigenvalue weighted by atomic mass is 10.3. The van der Waals surface area contributed by atoms with Gasteiger partial charge in [-0.15, -0.1) is 0 Å². The summed E-state index contributed by atoms with van der Waals surface area (Å²) in [5.41, 5.74) is 0. The van der Waals surface area contributed by atoms with Crippen LogP contribution in [0.4, 0.5) is 8.78 Å². The molecule has 0 saturated heterocycles. The summed E-state index contributed by atoms with van der Waals surface area (Å²) in [6.45, 7) is 4.53. The van der Waals surface area contributed by atoms with Gasteiger partial charge < -0.3 is 10.2 Å². The number of alkyl halides is 2. The quantitative estimate of drug-likeness (QED) is 0.660. The second-order valence-electron chi connectivity index (χ2n) is 2.97. The first kappa shape index (κ1) is 11.8. The number of halogens is 2. The van der Waals surface area contributed by atoms with Gasteiger partial charge in [-0.3, -0.25) is 0 Å². The summed E-state index contributed by atoms with van der Waals surface area (Å²) in [6.07, 6.45) is 0. The largest absolute Gasteiger partial charge is 0.311 e. The maximum absolute atomic E-state index is 12.9. The van der Waals surface area contributed by atoms with Crippen LogP contribution >= 0.6 is 0 Å². The van der Waals surface area contributed by atoms with Gasteiger partial charge in [0, 0.05) is 0 Å². The van der Waals surface area contributed by atoms with Gasteiger partial charge >= 0.3 is 0 Å². The van der Waals surface area contributed by atoms with Gasteiger partial charge in [-0.2, -0.15) is 0 Å². The smallest absolute Gasteiger partial charge is 0.272 e. The van der Waals surface area contributed by atoms with Crippen molar-refractivity contribution in [1.82, 2.24) is 10.2 Å². The Bertz CT molecular complexity index is 118. The lowest BCUT2D eigenvalue weighted by molar-refractivity contribution is -0.0233. The molecule has 0 bridgehead atoms. The molecule has 0 fully saturated rings. The average Bonchev–Trinajstić information content (AvgIpc) is 2.00. The Morgan fingerprint density at radius 1 is 1.33 bits per heavy atom. The van der Waals surface area contributed by atoms with Gasteiger partial charge in [0.25, 0.3) is 5.92 Å². The van der Waals surface area contributed by atoms with E-state index in [4.69, 9.17) is 0 Å². The Kier molecular flexibility index (Phi) is 5.33. The van der Waals surface area contributed by atoms with E-state index >= 15 is 0 Å². The van der Waals surface area contributed by atoms with E-state index in [1.165, 1.54) is 0 Å². The van der Waals surface area contributed by atoms with Crippen molar-refractivity contribution in [3.8, 4) is 0 Å². The van der Waals surface area contributed by atoms with Crippen molar-refractivity contribution >= 4 is 0 Å². The van der Waals surface area contributed by atoms with Gasteiger partial charge in [-0.05, 0) is 20.1 Å². The van der Waals surface area contributed by atoms with Crippen molar-refractivity contribution < 1.29 is 8.78 Å². The van der Waals surface area contributed by atoms with Crippen LogP contribution in [0.5, 0.6) is 0 Å². The Morgan fingerprint density at radius 3 is 2.33 bits per heavy atom. The van der Waals surface area contributed by atoms with Crippen LogP contribution in [0.1, 0.15) is 13.8 Å². The minimum absolute atomic E-state index is 0.170. The number of hydrogen-bond acceptors (Lipinski definition) is 2. The average molecular weight is 180 g/mol. The molecule has 4 heteroatoms. The van der Waals surface area contributed by atoms with Gasteiger partial charge in [-0.1, -0.05) is 13.8 Å². The minimum Gasteiger partial charge on any atom is -0.311 e. The van der Waals surface area contributed by atoms with E-state index < -0.39 is 5.92 Å². The molecule has 0 aliphatic heterocycles. The van der Waals surface area contributed by atoms with Crippen LogP contribution in [-0.2, 0) is 0 Å². The maximum Gasteiger partial charge on any atom is 0.272 e. The highest BCUT2D eigenvalue weighted by Gasteiger charge is 2.29. The summed E-state index contributed by atoms with van der Waals surface area (Å²) in [6, 6.07) is 0. The molecule has 0 unspecified atom stereocenters. The zero-order valence-corrected chi connectivity index (χ0v) is 8.03. The third-order valence-corrected chi connectivity index (χ3v) is 1.67. The normalized spacial score (nSPS) is 12.5. The molecule has 2 nitrogen and oxygen atoms in total. The predicted octanol–water partition coefficient (Wildman–Crippen LogP) is 1.18. The van der Waals surface area contributed by atoms with Crippen molar-refractivity contribution in [3.63, 3.8) is 0 Å². The van der Waals surface area contributed by atoms with Crippen molar-refractivity contribution in [2.45, 2.75) is 19.8 Å². The summed E-state index contributed by atoms with van der Waals surface area (Å²) >= 11 is 0. The van der Waals surface area contributed by atoms with E-state index in [-0.39, 0.29) is 13.1 Å². The highest BCUT2D eigenvalue weighted by molar-refractivity contribution is 4.72. The molecule has 12 heavy (non-hydrogen) atoms. The summed E-state index contributed by atoms with van der Waals surface area (Å²) in [4.78, 5) is 1.61. The highest BCUT2D eigenvalue weighted by atomic mass is 19.3. The Hall–Kier alpha value is -0.220. The first-order valence-corrected chi connectivity index (χ1v) is 4.29. The predicted molar refractivity (Wildman–Crippen MR) is 46.7 cm³/mol. The van der Waals surface area contributed by atoms with Gasteiger partial charge in [-0.25, -0.2) is 8.78 Å². The van der Waals surface area contributed by atoms with E-state index in [2.05, 4.69) is 5.32 Å². The lowest BCUT2D eigenvalue weighted by Crippen LogP contribution is -2.42. The van der Waals surface area contributed by atoms with Crippen molar-refractivity contribution in [3.05, 3.63) is 0 Å². The van der Waals surface area contributed by atoms with E-state index in [1.807, 2.05) is 13.8 Å². The van der Waals surface area contributed by atoms with Gasteiger partial charge in [0.2, 0.25) is 0 Å². The molecule has 0 aromatic carbocycles. The molecule has 0 rings (SSSR count). The molecule has 0 aromatic rings. The van der Waals surface area contributed by atoms with Gasteiger partial charge in [0.1, 0.15) is 0 Å². The number of hydrogen-bond donors (Lipinski definition) is 1. The molecule has 0 aliphatic carbocycles. The maximum atomic E-state index is 12.9. The molecule has 0 aromatic heterocycles. The molecule has 0 radical (unpaired) electrons. The standard InChI is InChI=1S/C8H18F2N2/c1-4-11-6-8(9,10)7-12(3)5-2/h11H,4-7H2,1-3H3. The van der Waals surface area contributed by atoms with E-state index in [0.717, 1.165) is 0 Å². The SMILES string of the molecule is CCNCC(F)(F)CN(C)CC. The van der Waals surface area contributed by atoms with Crippen LogP contribution in [0, 0.1) is 0 Å². The minimum atomic E-state index is -2.61. The second kappa shape index (κ2) is 5.43. The second-order valence-corrected chi connectivity index (χ2v) is 2.97. The molecular formula is C8H18F2N2. The monoisotopic (exact) mass is 180 g/mol. The Morgan fingerprint density at radius 2 is 1.92 bits per heavy atom. The molecule has 0 heterocycles. The van der Waals surface area contributed by atoms with Crippen molar-refractivity contribution in [2.24, 2.45) is 0 Å². The molecule has 0 spiro atoms. The third kappa shape index (κ3) is 5.43. The lowest BCUT2D eigenvalue weighted by Gasteiger charge is -2.22. The van der Waals surface area contributed by atoms with E-state index in [0.29, 0.717) is 13.1 Å². The van der Waals surface area contributed by atoms with Crippen LogP contribution in [0.2, 0.25) is 0 Å². The van der Waals surface area contributed by atoms with Gasteiger partial charge in [0.15, 0.2) is 0 Å². The fourth-order valence-electron chi connectivity index (χ4n) is 0.870. The van der Waals surface area contributed by atoms with E-state index in [1.54, 1.807) is 11.9 Å². The van der Waals surface area contributed by atoms with Crippen molar-refractivity contribution in [1.29, 1.82) is 0 Å². The van der Waals surface area contributed by atoms with E-state index in [9.17, 15) is 8.78 Å². The molecule has 0 aliphatic rings. The fourth-order valence-corrected chi connectivity index (χ4v) is 0.870. The first-order valence-electron chi connectivity index (χ1n) is 4.29. The molecule has 1 N–H and O–H groups in total. The van der Waals surface area contributed by atoms with Crippen LogP contribution in [0.25, 0.3) is 0 Å². The molecular weight excluding hydrogens is 162 g/mol. The van der Waals surface area contributed by atoms with Crippen LogP contribution in [0.3, 0.4) is 0 Å². The third-order valence-electron chi connectivity index (χ3n) is 1.67. The first-order chi connectivity index (χ1) is 5.52. The zero-order chi connectivity index (χ0) is 9.61.